The van der Waals surface area contributed by atoms with E-state index < -0.39 is 0 Å². The molecule has 0 bridgehead atoms. The topological polar surface area (TPSA) is 58.6 Å². The predicted octanol–water partition coefficient (Wildman–Crippen LogP) is 2.53. The average molecular weight is 356 g/mol. The average Bonchev–Trinajstić information content (AvgIpc) is 3.29. The SMILES string of the molecule is Cc1cccc(C(=O)N2CC3(C2)OCC[C@@H]3CCNC(=O)CC2CC2)c1. The van der Waals surface area contributed by atoms with E-state index in [0.717, 1.165) is 30.6 Å². The third kappa shape index (κ3) is 3.63. The first kappa shape index (κ1) is 17.5. The van der Waals surface area contributed by atoms with E-state index in [-0.39, 0.29) is 17.4 Å². The van der Waals surface area contributed by atoms with Crippen LogP contribution in [0.2, 0.25) is 0 Å². The van der Waals surface area contributed by atoms with E-state index in [0.29, 0.717) is 37.9 Å². The molecule has 4 rings (SSSR count). The molecule has 5 heteroatoms. The molecule has 5 nitrogen and oxygen atoms in total. The van der Waals surface area contributed by atoms with Gasteiger partial charge in [0.25, 0.3) is 5.91 Å². The standard InChI is InChI=1S/C21H28N2O3/c1-15-3-2-4-17(11-15)20(25)23-13-21(14-23)18(8-10-26-21)7-9-22-19(24)12-16-5-6-16/h2-4,11,16,18H,5-10,12-14H2,1H3,(H,22,24)/t18-/m0/s1. The van der Waals surface area contributed by atoms with Crippen molar-refractivity contribution in [1.29, 1.82) is 0 Å². The number of nitrogens with one attached hydrogen (secondary N) is 1. The van der Waals surface area contributed by atoms with E-state index in [1.54, 1.807) is 0 Å². The van der Waals surface area contributed by atoms with Gasteiger partial charge in [0, 0.05) is 25.1 Å². The Balaban J connectivity index is 1.27. The van der Waals surface area contributed by atoms with Gasteiger partial charge >= 0.3 is 0 Å². The summed E-state index contributed by atoms with van der Waals surface area (Å²) in [5.74, 6) is 1.32. The molecule has 1 spiro atoms. The summed E-state index contributed by atoms with van der Waals surface area (Å²) in [6, 6.07) is 7.75. The van der Waals surface area contributed by atoms with E-state index in [2.05, 4.69) is 5.32 Å². The van der Waals surface area contributed by atoms with Gasteiger partial charge in [0.2, 0.25) is 5.91 Å². The molecular formula is C21H28N2O3. The molecule has 0 radical (unpaired) electrons. The third-order valence-corrected chi connectivity index (χ3v) is 6.06. The van der Waals surface area contributed by atoms with Gasteiger partial charge < -0.3 is 15.0 Å². The first-order valence-corrected chi connectivity index (χ1v) is 9.82. The van der Waals surface area contributed by atoms with E-state index in [9.17, 15) is 9.59 Å². The van der Waals surface area contributed by atoms with Crippen LogP contribution in [-0.2, 0) is 9.53 Å². The number of carbonyl (C=O) groups excluding carboxylic acids is 2. The van der Waals surface area contributed by atoms with Crippen molar-refractivity contribution in [2.45, 2.75) is 44.6 Å². The van der Waals surface area contributed by atoms with Crippen LogP contribution in [0.3, 0.4) is 0 Å². The smallest absolute Gasteiger partial charge is 0.254 e. The lowest BCUT2D eigenvalue weighted by atomic mass is 9.78. The van der Waals surface area contributed by atoms with E-state index >= 15 is 0 Å². The van der Waals surface area contributed by atoms with Crippen molar-refractivity contribution in [3.05, 3.63) is 35.4 Å². The molecule has 0 aromatic heterocycles. The molecule has 0 unspecified atom stereocenters. The van der Waals surface area contributed by atoms with Gasteiger partial charge in [0.05, 0.1) is 13.1 Å². The lowest BCUT2D eigenvalue weighted by Gasteiger charge is -2.50. The number of hydrogen-bond acceptors (Lipinski definition) is 3. The van der Waals surface area contributed by atoms with Crippen molar-refractivity contribution >= 4 is 11.8 Å². The number of ether oxygens (including phenoxy) is 1. The second kappa shape index (κ2) is 7.03. The van der Waals surface area contributed by atoms with E-state index in [4.69, 9.17) is 4.74 Å². The highest BCUT2D eigenvalue weighted by Gasteiger charge is 2.54. The van der Waals surface area contributed by atoms with Gasteiger partial charge in [-0.2, -0.15) is 0 Å². The van der Waals surface area contributed by atoms with Crippen molar-refractivity contribution < 1.29 is 14.3 Å². The van der Waals surface area contributed by atoms with Gasteiger partial charge in [-0.05, 0) is 56.6 Å². The number of benzene rings is 1. The monoisotopic (exact) mass is 356 g/mol. The number of hydrogen-bond donors (Lipinski definition) is 1. The van der Waals surface area contributed by atoms with Crippen molar-refractivity contribution in [3.8, 4) is 0 Å². The van der Waals surface area contributed by atoms with Crippen LogP contribution in [-0.4, -0.2) is 48.6 Å². The van der Waals surface area contributed by atoms with Crippen molar-refractivity contribution in [2.24, 2.45) is 11.8 Å². The zero-order chi connectivity index (χ0) is 18.1. The molecule has 3 aliphatic rings. The van der Waals surface area contributed by atoms with E-state index in [1.807, 2.05) is 36.1 Å². The summed E-state index contributed by atoms with van der Waals surface area (Å²) in [5.41, 5.74) is 1.66. The minimum absolute atomic E-state index is 0.0892. The lowest BCUT2D eigenvalue weighted by Crippen LogP contribution is -2.66. The molecule has 2 heterocycles. The Morgan fingerprint density at radius 1 is 1.27 bits per heavy atom. The Bertz CT molecular complexity index is 692. The number of likely N-dealkylation sites (tertiary alicyclic amines) is 1. The second-order valence-corrected chi connectivity index (χ2v) is 8.22. The minimum atomic E-state index is -0.194. The summed E-state index contributed by atoms with van der Waals surface area (Å²) in [4.78, 5) is 26.4. The van der Waals surface area contributed by atoms with Gasteiger partial charge in [-0.25, -0.2) is 0 Å². The highest BCUT2D eigenvalue weighted by atomic mass is 16.5. The van der Waals surface area contributed by atoms with Gasteiger partial charge in [0.1, 0.15) is 5.60 Å². The summed E-state index contributed by atoms with van der Waals surface area (Å²) >= 11 is 0. The van der Waals surface area contributed by atoms with Crippen LogP contribution in [0, 0.1) is 18.8 Å². The third-order valence-electron chi connectivity index (χ3n) is 6.06. The van der Waals surface area contributed by atoms with Crippen molar-refractivity contribution in [3.63, 3.8) is 0 Å². The Hall–Kier alpha value is -1.88. The fourth-order valence-corrected chi connectivity index (χ4v) is 4.29. The van der Waals surface area contributed by atoms with Gasteiger partial charge in [-0.15, -0.1) is 0 Å². The van der Waals surface area contributed by atoms with Gasteiger partial charge in [0.15, 0.2) is 0 Å². The molecule has 140 valence electrons. The van der Waals surface area contributed by atoms with Crippen LogP contribution in [0.4, 0.5) is 0 Å². The van der Waals surface area contributed by atoms with Crippen molar-refractivity contribution in [2.75, 3.05) is 26.2 Å². The summed E-state index contributed by atoms with van der Waals surface area (Å²) in [7, 11) is 0. The summed E-state index contributed by atoms with van der Waals surface area (Å²) < 4.78 is 6.05. The quantitative estimate of drug-likeness (QED) is 0.852. The predicted molar refractivity (Wildman–Crippen MR) is 98.8 cm³/mol. The Labute approximate surface area is 155 Å². The molecule has 2 amide bonds. The molecule has 1 aliphatic carbocycles. The zero-order valence-corrected chi connectivity index (χ0v) is 15.5. The van der Waals surface area contributed by atoms with Crippen LogP contribution in [0.1, 0.15) is 48.0 Å². The Morgan fingerprint density at radius 3 is 2.81 bits per heavy atom. The number of rotatable bonds is 6. The van der Waals surface area contributed by atoms with Gasteiger partial charge in [-0.3, -0.25) is 9.59 Å². The van der Waals surface area contributed by atoms with Crippen molar-refractivity contribution in [1.82, 2.24) is 10.2 Å². The Morgan fingerprint density at radius 2 is 2.08 bits per heavy atom. The summed E-state index contributed by atoms with van der Waals surface area (Å²) in [6.07, 6.45) is 5.05. The number of amides is 2. The fourth-order valence-electron chi connectivity index (χ4n) is 4.29. The first-order chi connectivity index (χ1) is 12.6. The fraction of sp³-hybridized carbons (Fsp3) is 0.619. The molecule has 3 fully saturated rings. The Kier molecular flexibility index (Phi) is 4.74. The first-order valence-electron chi connectivity index (χ1n) is 9.82. The second-order valence-electron chi connectivity index (χ2n) is 8.22. The molecule has 1 N–H and O–H groups in total. The molecular weight excluding hydrogens is 328 g/mol. The van der Waals surface area contributed by atoms with Crippen LogP contribution in [0.15, 0.2) is 24.3 Å². The minimum Gasteiger partial charge on any atom is -0.371 e. The van der Waals surface area contributed by atoms with Crippen LogP contribution >= 0.6 is 0 Å². The molecule has 26 heavy (non-hydrogen) atoms. The molecule has 2 aliphatic heterocycles. The maximum atomic E-state index is 12.7. The van der Waals surface area contributed by atoms with Crippen LogP contribution in [0.5, 0.6) is 0 Å². The van der Waals surface area contributed by atoms with Crippen LogP contribution < -0.4 is 5.32 Å². The van der Waals surface area contributed by atoms with Gasteiger partial charge in [-0.1, -0.05) is 17.7 Å². The highest BCUT2D eigenvalue weighted by molar-refractivity contribution is 5.95. The number of nitrogens with zero attached hydrogens (tertiary/aromatic N) is 1. The van der Waals surface area contributed by atoms with Crippen LogP contribution in [0.25, 0.3) is 0 Å². The molecule has 1 aromatic carbocycles. The normalized spacial score (nSPS) is 23.7. The number of carbonyl (C=O) groups is 2. The molecule has 1 aromatic rings. The summed E-state index contributed by atoms with van der Waals surface area (Å²) in [6.45, 7) is 4.81. The maximum absolute atomic E-state index is 12.7. The lowest BCUT2D eigenvalue weighted by molar-refractivity contribution is -0.123. The number of aryl methyl sites for hydroxylation is 1. The molecule has 1 atom stereocenters. The maximum Gasteiger partial charge on any atom is 0.254 e. The molecule has 1 saturated carbocycles. The highest BCUT2D eigenvalue weighted by Crippen LogP contribution is 2.42. The summed E-state index contributed by atoms with van der Waals surface area (Å²) in [5, 5.41) is 3.06. The molecule has 2 saturated heterocycles. The largest absolute Gasteiger partial charge is 0.371 e. The zero-order valence-electron chi connectivity index (χ0n) is 15.5. The van der Waals surface area contributed by atoms with E-state index in [1.165, 1.54) is 12.8 Å².